The molecular weight excluding hydrogens is 412 g/mol. The summed E-state index contributed by atoms with van der Waals surface area (Å²) in [7, 11) is 0. The predicted molar refractivity (Wildman–Crippen MR) is 122 cm³/mol. The Hall–Kier alpha value is -3.26. The van der Waals surface area contributed by atoms with Crippen molar-refractivity contribution in [2.24, 2.45) is 0 Å². The van der Waals surface area contributed by atoms with Gasteiger partial charge in [0.2, 0.25) is 0 Å². The van der Waals surface area contributed by atoms with Crippen molar-refractivity contribution in [2.75, 3.05) is 23.7 Å². The molecule has 1 aliphatic rings. The van der Waals surface area contributed by atoms with Crippen LogP contribution in [0.1, 0.15) is 29.6 Å². The molecule has 0 saturated carbocycles. The lowest BCUT2D eigenvalue weighted by atomic mass is 10.1. The van der Waals surface area contributed by atoms with Crippen LogP contribution in [0.3, 0.4) is 0 Å². The number of nitrogens with zero attached hydrogens (tertiary/aromatic N) is 4. The number of carbonyl (C=O) groups is 1. The Morgan fingerprint density at radius 3 is 2.26 bits per heavy atom. The predicted octanol–water partition coefficient (Wildman–Crippen LogP) is 5.02. The largest absolute Gasteiger partial charge is 0.372 e. The maximum Gasteiger partial charge on any atom is 0.269 e. The number of hydrogen-bond donors (Lipinski definition) is 0. The first kappa shape index (κ1) is 21.0. The quantitative estimate of drug-likeness (QED) is 0.223. The number of Topliss-reactive ketones (excluding diaryl/α,β-unsaturated/α-hetero) is 1. The first-order chi connectivity index (χ1) is 15.1. The zero-order chi connectivity index (χ0) is 21.6. The van der Waals surface area contributed by atoms with Gasteiger partial charge < -0.3 is 4.90 Å². The van der Waals surface area contributed by atoms with E-state index in [-0.39, 0.29) is 17.2 Å². The van der Waals surface area contributed by atoms with Crippen LogP contribution in [0.4, 0.5) is 11.4 Å². The lowest BCUT2D eigenvalue weighted by Gasteiger charge is -2.28. The summed E-state index contributed by atoms with van der Waals surface area (Å²) < 4.78 is 0. The second kappa shape index (κ2) is 9.70. The van der Waals surface area contributed by atoms with Gasteiger partial charge in [0.05, 0.1) is 16.4 Å². The Kier molecular flexibility index (Phi) is 6.57. The zero-order valence-corrected chi connectivity index (χ0v) is 17.8. The fraction of sp³-hybridized carbons (Fsp3) is 0.261. The van der Waals surface area contributed by atoms with Crippen molar-refractivity contribution in [3.8, 4) is 11.3 Å². The first-order valence-corrected chi connectivity index (χ1v) is 11.2. The maximum absolute atomic E-state index is 12.3. The molecule has 1 aromatic heterocycles. The third-order valence-electron chi connectivity index (χ3n) is 5.28. The number of carbonyl (C=O) groups excluding carboxylic acids is 1. The summed E-state index contributed by atoms with van der Waals surface area (Å²) in [6.45, 7) is 2.23. The van der Waals surface area contributed by atoms with E-state index >= 15 is 0 Å². The molecule has 1 aliphatic heterocycles. The van der Waals surface area contributed by atoms with Gasteiger partial charge in [0.1, 0.15) is 5.03 Å². The van der Waals surface area contributed by atoms with Gasteiger partial charge in [-0.2, -0.15) is 0 Å². The van der Waals surface area contributed by atoms with Gasteiger partial charge in [-0.15, -0.1) is 10.2 Å². The molecule has 7 nitrogen and oxygen atoms in total. The normalized spacial score (nSPS) is 13.7. The number of aromatic nitrogens is 2. The third-order valence-corrected chi connectivity index (χ3v) is 6.20. The van der Waals surface area contributed by atoms with Crippen LogP contribution >= 0.6 is 11.8 Å². The van der Waals surface area contributed by atoms with Gasteiger partial charge in [0.15, 0.2) is 5.78 Å². The number of anilines is 1. The second-order valence-electron chi connectivity index (χ2n) is 7.37. The molecule has 8 heteroatoms. The van der Waals surface area contributed by atoms with E-state index in [1.54, 1.807) is 0 Å². The van der Waals surface area contributed by atoms with Crippen molar-refractivity contribution >= 4 is 28.9 Å². The van der Waals surface area contributed by atoms with Crippen LogP contribution in [-0.2, 0) is 0 Å². The molecule has 0 N–H and O–H groups in total. The summed E-state index contributed by atoms with van der Waals surface area (Å²) in [5, 5.41) is 19.9. The lowest BCUT2D eigenvalue weighted by Crippen LogP contribution is -2.29. The Bertz CT molecular complexity index is 1050. The molecule has 0 radical (unpaired) electrons. The fourth-order valence-corrected chi connectivity index (χ4v) is 4.25. The Labute approximate surface area is 184 Å². The summed E-state index contributed by atoms with van der Waals surface area (Å²) in [5.74, 6) is 0.0789. The summed E-state index contributed by atoms with van der Waals surface area (Å²) in [6.07, 6.45) is 3.81. The van der Waals surface area contributed by atoms with Crippen molar-refractivity contribution < 1.29 is 9.72 Å². The number of non-ortho nitro benzene ring substituents is 1. The highest BCUT2D eigenvalue weighted by atomic mass is 32.2. The average Bonchev–Trinajstić information content (AvgIpc) is 2.83. The zero-order valence-electron chi connectivity index (χ0n) is 16.9. The lowest BCUT2D eigenvalue weighted by molar-refractivity contribution is -0.384. The SMILES string of the molecule is O=C(CSc1ccc(-c2ccc(N3CCCCC3)cc2)nn1)c1ccc([N+](=O)[O-])cc1. The minimum absolute atomic E-state index is 0.0328. The first-order valence-electron chi connectivity index (χ1n) is 10.2. The number of benzene rings is 2. The molecule has 0 bridgehead atoms. The van der Waals surface area contributed by atoms with Crippen LogP contribution in [0.25, 0.3) is 11.3 Å². The van der Waals surface area contributed by atoms with Gasteiger partial charge in [-0.05, 0) is 55.7 Å². The highest BCUT2D eigenvalue weighted by Gasteiger charge is 2.12. The molecule has 0 amide bonds. The van der Waals surface area contributed by atoms with Gasteiger partial charge in [0.25, 0.3) is 5.69 Å². The van der Waals surface area contributed by atoms with Gasteiger partial charge in [-0.1, -0.05) is 23.9 Å². The van der Waals surface area contributed by atoms with Crippen LogP contribution in [0.5, 0.6) is 0 Å². The van der Waals surface area contributed by atoms with E-state index < -0.39 is 4.92 Å². The molecule has 3 aromatic rings. The van der Waals surface area contributed by atoms with Gasteiger partial charge in [-0.25, -0.2) is 0 Å². The van der Waals surface area contributed by atoms with Crippen LogP contribution in [0, 0.1) is 10.1 Å². The minimum atomic E-state index is -0.485. The molecule has 4 rings (SSSR count). The number of rotatable bonds is 7. The molecular formula is C23H22N4O3S. The Morgan fingerprint density at radius 1 is 0.935 bits per heavy atom. The van der Waals surface area contributed by atoms with Crippen LogP contribution in [0.15, 0.2) is 65.7 Å². The van der Waals surface area contributed by atoms with Crippen molar-refractivity contribution in [1.29, 1.82) is 0 Å². The van der Waals surface area contributed by atoms with E-state index in [0.717, 1.165) is 24.3 Å². The average molecular weight is 435 g/mol. The van der Waals surface area contributed by atoms with E-state index in [1.807, 2.05) is 12.1 Å². The molecule has 2 heterocycles. The summed E-state index contributed by atoms with van der Waals surface area (Å²) in [5.41, 5.74) is 3.45. The topological polar surface area (TPSA) is 89.2 Å². The van der Waals surface area contributed by atoms with Gasteiger partial charge in [0, 0.05) is 42.0 Å². The molecule has 31 heavy (non-hydrogen) atoms. The summed E-state index contributed by atoms with van der Waals surface area (Å²) in [4.78, 5) is 25.0. The van der Waals surface area contributed by atoms with Crippen LogP contribution < -0.4 is 4.90 Å². The molecule has 0 unspecified atom stereocenters. The van der Waals surface area contributed by atoms with Crippen molar-refractivity contribution in [1.82, 2.24) is 10.2 Å². The molecule has 0 spiro atoms. The molecule has 158 valence electrons. The highest BCUT2D eigenvalue weighted by molar-refractivity contribution is 7.99. The molecule has 0 aliphatic carbocycles. The summed E-state index contributed by atoms with van der Waals surface area (Å²) >= 11 is 1.30. The molecule has 1 saturated heterocycles. The van der Waals surface area contributed by atoms with E-state index in [4.69, 9.17) is 0 Å². The van der Waals surface area contributed by atoms with Crippen molar-refractivity contribution in [3.63, 3.8) is 0 Å². The van der Waals surface area contributed by atoms with Crippen LogP contribution in [-0.4, -0.2) is 39.7 Å². The monoisotopic (exact) mass is 434 g/mol. The van der Waals surface area contributed by atoms with Crippen LogP contribution in [0.2, 0.25) is 0 Å². The Morgan fingerprint density at radius 2 is 1.65 bits per heavy atom. The summed E-state index contributed by atoms with van der Waals surface area (Å²) in [6, 6.07) is 17.8. The number of hydrogen-bond acceptors (Lipinski definition) is 7. The number of nitro benzene ring substituents is 1. The van der Waals surface area contributed by atoms with Crippen molar-refractivity contribution in [3.05, 3.63) is 76.3 Å². The minimum Gasteiger partial charge on any atom is -0.372 e. The van der Waals surface area contributed by atoms with E-state index in [9.17, 15) is 14.9 Å². The molecule has 2 aromatic carbocycles. The molecule has 1 fully saturated rings. The van der Waals surface area contributed by atoms with Gasteiger partial charge >= 0.3 is 0 Å². The third kappa shape index (κ3) is 5.27. The number of thioether (sulfide) groups is 1. The van der Waals surface area contributed by atoms with E-state index in [1.165, 1.54) is 61.0 Å². The molecule has 0 atom stereocenters. The smallest absolute Gasteiger partial charge is 0.269 e. The second-order valence-corrected chi connectivity index (χ2v) is 8.36. The van der Waals surface area contributed by atoms with E-state index in [2.05, 4.69) is 39.4 Å². The maximum atomic E-state index is 12.3. The van der Waals surface area contributed by atoms with Crippen molar-refractivity contribution in [2.45, 2.75) is 24.3 Å². The highest BCUT2D eigenvalue weighted by Crippen LogP contribution is 2.25. The Balaban J connectivity index is 1.34. The number of ketones is 1. The number of piperidine rings is 1. The van der Waals surface area contributed by atoms with E-state index in [0.29, 0.717) is 10.6 Å². The number of nitro groups is 1. The standard InChI is InChI=1S/C23H22N4O3S/c28-22(18-6-10-20(11-7-18)27(29)30)16-31-23-13-12-21(24-25-23)17-4-8-19(9-5-17)26-14-2-1-3-15-26/h4-13H,1-3,14-16H2. The van der Waals surface area contributed by atoms with Gasteiger partial charge in [-0.3, -0.25) is 14.9 Å². The fourth-order valence-electron chi connectivity index (χ4n) is 3.54.